The van der Waals surface area contributed by atoms with Gasteiger partial charge in [-0.15, -0.1) is 0 Å². The number of halogens is 3. The minimum absolute atomic E-state index is 0.187. The Hall–Kier alpha value is -1.61. The zero-order valence-corrected chi connectivity index (χ0v) is 12.4. The predicted molar refractivity (Wildman–Crippen MR) is 84.4 cm³/mol. The van der Waals surface area contributed by atoms with Crippen molar-refractivity contribution in [3.63, 3.8) is 0 Å². The number of hydrogen-bond donors (Lipinski definition) is 1. The molecule has 0 amide bonds. The maximum atomic E-state index is 14.0. The molecule has 0 spiro atoms. The predicted octanol–water partition coefficient (Wildman–Crippen LogP) is 5.37. The van der Waals surface area contributed by atoms with Gasteiger partial charge in [0.15, 0.2) is 0 Å². The van der Waals surface area contributed by atoms with Crippen molar-refractivity contribution in [2.75, 3.05) is 0 Å². The summed E-state index contributed by atoms with van der Waals surface area (Å²) in [6, 6.07) is 15.1. The molecule has 0 radical (unpaired) electrons. The van der Waals surface area contributed by atoms with E-state index < -0.39 is 11.9 Å². The molecule has 21 heavy (non-hydrogen) atoms. The Kier molecular flexibility index (Phi) is 3.85. The fraction of sp³-hybridized carbons (Fsp3) is 0.0588. The van der Waals surface area contributed by atoms with Crippen LogP contribution in [0, 0.1) is 5.82 Å². The van der Waals surface area contributed by atoms with Crippen LogP contribution in [0.3, 0.4) is 0 Å². The summed E-state index contributed by atoms with van der Waals surface area (Å²) < 4.78 is 14.0. The molecule has 0 aliphatic carbocycles. The zero-order valence-electron chi connectivity index (χ0n) is 10.9. The van der Waals surface area contributed by atoms with Crippen LogP contribution in [0.2, 0.25) is 10.0 Å². The summed E-state index contributed by atoms with van der Waals surface area (Å²) in [5, 5.41) is 13.0. The van der Waals surface area contributed by atoms with Crippen molar-refractivity contribution < 1.29 is 9.50 Å². The molecule has 3 aromatic rings. The average Bonchev–Trinajstić information content (AvgIpc) is 2.47. The molecule has 0 saturated heterocycles. The molecule has 106 valence electrons. The highest BCUT2D eigenvalue weighted by Crippen LogP contribution is 2.34. The summed E-state index contributed by atoms with van der Waals surface area (Å²) in [7, 11) is 0. The Labute approximate surface area is 131 Å². The fourth-order valence-electron chi connectivity index (χ4n) is 2.41. The Bertz CT molecular complexity index is 817. The van der Waals surface area contributed by atoms with Crippen LogP contribution in [0.15, 0.2) is 54.6 Å². The zero-order chi connectivity index (χ0) is 15.0. The quantitative estimate of drug-likeness (QED) is 0.673. The molecule has 0 aromatic heterocycles. The third-order valence-electron chi connectivity index (χ3n) is 3.46. The van der Waals surface area contributed by atoms with Crippen molar-refractivity contribution in [2.24, 2.45) is 0 Å². The molecular formula is C17H11Cl2FO. The van der Waals surface area contributed by atoms with Gasteiger partial charge in [-0.1, -0.05) is 59.6 Å². The highest BCUT2D eigenvalue weighted by Gasteiger charge is 2.18. The van der Waals surface area contributed by atoms with Crippen LogP contribution >= 0.6 is 23.2 Å². The molecule has 1 nitrogen and oxygen atoms in total. The Balaban J connectivity index is 2.18. The van der Waals surface area contributed by atoms with Gasteiger partial charge in [-0.3, -0.25) is 0 Å². The lowest BCUT2D eigenvalue weighted by molar-refractivity contribution is 0.216. The van der Waals surface area contributed by atoms with Crippen LogP contribution in [0.1, 0.15) is 17.2 Å². The molecule has 4 heteroatoms. The fourth-order valence-corrected chi connectivity index (χ4v) is 2.80. The Morgan fingerprint density at radius 1 is 0.857 bits per heavy atom. The number of benzene rings is 3. The summed E-state index contributed by atoms with van der Waals surface area (Å²) in [5.41, 5.74) is 0.795. The first-order valence-electron chi connectivity index (χ1n) is 6.38. The molecule has 0 aliphatic heterocycles. The second kappa shape index (κ2) is 5.64. The molecule has 0 saturated carbocycles. The largest absolute Gasteiger partial charge is 0.384 e. The van der Waals surface area contributed by atoms with E-state index in [1.54, 1.807) is 18.2 Å². The van der Waals surface area contributed by atoms with Crippen molar-refractivity contribution in [2.45, 2.75) is 6.10 Å². The van der Waals surface area contributed by atoms with Crippen molar-refractivity contribution in [3.05, 3.63) is 81.6 Å². The van der Waals surface area contributed by atoms with Gasteiger partial charge in [-0.05, 0) is 29.1 Å². The smallest absolute Gasteiger partial charge is 0.130 e. The Morgan fingerprint density at radius 3 is 2.24 bits per heavy atom. The van der Waals surface area contributed by atoms with Crippen LogP contribution in [0.5, 0.6) is 0 Å². The van der Waals surface area contributed by atoms with Crippen LogP contribution < -0.4 is 0 Å². The second-order valence-corrected chi connectivity index (χ2v) is 5.59. The molecule has 1 unspecified atom stereocenters. The van der Waals surface area contributed by atoms with E-state index in [4.69, 9.17) is 23.2 Å². The number of aliphatic hydroxyl groups is 1. The van der Waals surface area contributed by atoms with E-state index in [1.807, 2.05) is 24.3 Å². The summed E-state index contributed by atoms with van der Waals surface area (Å²) >= 11 is 11.9. The lowest BCUT2D eigenvalue weighted by Gasteiger charge is -2.16. The standard InChI is InChI=1S/C17H11Cl2FO/c18-10-5-6-14(16(20)9-10)17(21)13-7-8-15(19)12-4-2-1-3-11(12)13/h1-9,17,21H. The molecule has 0 fully saturated rings. The van der Waals surface area contributed by atoms with Crippen LogP contribution in [0.4, 0.5) is 4.39 Å². The minimum atomic E-state index is -1.08. The van der Waals surface area contributed by atoms with Gasteiger partial charge >= 0.3 is 0 Å². The first-order chi connectivity index (χ1) is 10.1. The van der Waals surface area contributed by atoms with E-state index in [0.29, 0.717) is 15.6 Å². The first kappa shape index (κ1) is 14.3. The topological polar surface area (TPSA) is 20.2 Å². The second-order valence-electron chi connectivity index (χ2n) is 4.75. The summed E-state index contributed by atoms with van der Waals surface area (Å²) in [5.74, 6) is -0.533. The van der Waals surface area contributed by atoms with Gasteiger partial charge in [0.2, 0.25) is 0 Å². The van der Waals surface area contributed by atoms with E-state index in [9.17, 15) is 9.50 Å². The highest BCUT2D eigenvalue weighted by atomic mass is 35.5. The van der Waals surface area contributed by atoms with E-state index in [1.165, 1.54) is 12.1 Å². The number of rotatable bonds is 2. The van der Waals surface area contributed by atoms with E-state index in [-0.39, 0.29) is 5.56 Å². The molecule has 3 rings (SSSR count). The number of aliphatic hydroxyl groups excluding tert-OH is 1. The summed E-state index contributed by atoms with van der Waals surface area (Å²) in [6.07, 6.45) is -1.08. The van der Waals surface area contributed by atoms with Crippen LogP contribution in [-0.2, 0) is 0 Å². The van der Waals surface area contributed by atoms with Gasteiger partial charge in [0.05, 0.1) is 0 Å². The summed E-state index contributed by atoms with van der Waals surface area (Å²) in [6.45, 7) is 0. The van der Waals surface area contributed by atoms with Crippen molar-refractivity contribution in [1.29, 1.82) is 0 Å². The van der Waals surface area contributed by atoms with E-state index in [0.717, 1.165) is 10.8 Å². The molecule has 0 bridgehead atoms. The maximum Gasteiger partial charge on any atom is 0.130 e. The van der Waals surface area contributed by atoms with Gasteiger partial charge in [-0.25, -0.2) is 4.39 Å². The average molecular weight is 321 g/mol. The highest BCUT2D eigenvalue weighted by molar-refractivity contribution is 6.35. The number of fused-ring (bicyclic) bond motifs is 1. The van der Waals surface area contributed by atoms with Crippen molar-refractivity contribution >= 4 is 34.0 Å². The maximum absolute atomic E-state index is 14.0. The lowest BCUT2D eigenvalue weighted by atomic mass is 9.95. The third-order valence-corrected chi connectivity index (χ3v) is 4.02. The molecular weight excluding hydrogens is 310 g/mol. The van der Waals surface area contributed by atoms with Gasteiger partial charge < -0.3 is 5.11 Å². The Morgan fingerprint density at radius 2 is 1.52 bits per heavy atom. The van der Waals surface area contributed by atoms with Crippen LogP contribution in [0.25, 0.3) is 10.8 Å². The van der Waals surface area contributed by atoms with Gasteiger partial charge in [0.25, 0.3) is 0 Å². The molecule has 0 heterocycles. The third kappa shape index (κ3) is 2.62. The molecule has 3 aromatic carbocycles. The first-order valence-corrected chi connectivity index (χ1v) is 7.13. The van der Waals surface area contributed by atoms with Gasteiger partial charge in [0, 0.05) is 21.0 Å². The van der Waals surface area contributed by atoms with Gasteiger partial charge in [-0.2, -0.15) is 0 Å². The van der Waals surface area contributed by atoms with Gasteiger partial charge in [0.1, 0.15) is 11.9 Å². The minimum Gasteiger partial charge on any atom is -0.384 e. The van der Waals surface area contributed by atoms with E-state index in [2.05, 4.69) is 0 Å². The summed E-state index contributed by atoms with van der Waals surface area (Å²) in [4.78, 5) is 0. The van der Waals surface area contributed by atoms with E-state index >= 15 is 0 Å². The van der Waals surface area contributed by atoms with Crippen LogP contribution in [-0.4, -0.2) is 5.11 Å². The molecule has 0 aliphatic rings. The SMILES string of the molecule is OC(c1ccc(Cl)cc1F)c1ccc(Cl)c2ccccc12. The normalized spacial score (nSPS) is 12.6. The lowest BCUT2D eigenvalue weighted by Crippen LogP contribution is -2.03. The molecule has 1 atom stereocenters. The molecule has 1 N–H and O–H groups in total. The van der Waals surface area contributed by atoms with Crippen molar-refractivity contribution in [1.82, 2.24) is 0 Å². The van der Waals surface area contributed by atoms with Crippen molar-refractivity contribution in [3.8, 4) is 0 Å². The number of hydrogen-bond acceptors (Lipinski definition) is 1. The monoisotopic (exact) mass is 320 g/mol.